The van der Waals surface area contributed by atoms with E-state index in [1.807, 2.05) is 32.9 Å². The van der Waals surface area contributed by atoms with Gasteiger partial charge in [0.2, 0.25) is 0 Å². The van der Waals surface area contributed by atoms with Crippen molar-refractivity contribution in [3.63, 3.8) is 0 Å². The third-order valence-electron chi connectivity index (χ3n) is 0.789. The average molecular weight is 111 g/mol. The van der Waals surface area contributed by atoms with Crippen molar-refractivity contribution < 1.29 is 0 Å². The van der Waals surface area contributed by atoms with Crippen molar-refractivity contribution in [2.24, 2.45) is 5.73 Å². The van der Waals surface area contributed by atoms with Gasteiger partial charge in [0, 0.05) is 5.70 Å². The molecule has 0 atom stereocenters. The molecule has 2 N–H and O–H groups in total. The normalized spacial score (nSPS) is 11.1. The highest BCUT2D eigenvalue weighted by Gasteiger charge is 1.77. The molecule has 0 aromatic heterocycles. The molecule has 0 amide bonds. The van der Waals surface area contributed by atoms with Crippen molar-refractivity contribution in [2.75, 3.05) is 0 Å². The third-order valence-corrected chi connectivity index (χ3v) is 0.789. The molecule has 0 spiro atoms. The molecule has 0 saturated carbocycles. The van der Waals surface area contributed by atoms with Crippen molar-refractivity contribution in [1.29, 1.82) is 0 Å². The summed E-state index contributed by atoms with van der Waals surface area (Å²) in [5, 5.41) is 0. The maximum Gasteiger partial charge on any atom is 0.0269 e. The summed E-state index contributed by atoms with van der Waals surface area (Å²) >= 11 is 0. The van der Waals surface area contributed by atoms with Gasteiger partial charge < -0.3 is 5.73 Å². The molecule has 0 rings (SSSR count). The van der Waals surface area contributed by atoms with Gasteiger partial charge in [-0.05, 0) is 26.8 Å². The molecule has 0 aliphatic rings. The monoisotopic (exact) mass is 111 g/mol. The minimum absolute atomic E-state index is 0.838. The second kappa shape index (κ2) is 3.30. The average Bonchev–Trinajstić information content (AvgIpc) is 1.65. The van der Waals surface area contributed by atoms with Gasteiger partial charge in [0.15, 0.2) is 0 Å². The molecule has 8 heavy (non-hydrogen) atoms. The highest BCUT2D eigenvalue weighted by Crippen LogP contribution is 1.93. The van der Waals surface area contributed by atoms with Gasteiger partial charge in [0.05, 0.1) is 0 Å². The van der Waals surface area contributed by atoms with Crippen molar-refractivity contribution in [3.8, 4) is 0 Å². The molecule has 0 radical (unpaired) electrons. The molecule has 0 aliphatic heterocycles. The number of hydrogen-bond donors (Lipinski definition) is 1. The second-order valence-electron chi connectivity index (χ2n) is 2.01. The van der Waals surface area contributed by atoms with Crippen LogP contribution < -0.4 is 5.73 Å². The van der Waals surface area contributed by atoms with E-state index in [9.17, 15) is 0 Å². The van der Waals surface area contributed by atoms with E-state index in [2.05, 4.69) is 0 Å². The van der Waals surface area contributed by atoms with E-state index in [0.717, 1.165) is 5.70 Å². The molecule has 0 saturated heterocycles. The van der Waals surface area contributed by atoms with Gasteiger partial charge in [-0.25, -0.2) is 0 Å². The van der Waals surface area contributed by atoms with Crippen LogP contribution in [0.2, 0.25) is 0 Å². The van der Waals surface area contributed by atoms with Crippen LogP contribution in [0.4, 0.5) is 0 Å². The zero-order valence-electron chi connectivity index (χ0n) is 5.73. The summed E-state index contributed by atoms with van der Waals surface area (Å²) < 4.78 is 0. The summed E-state index contributed by atoms with van der Waals surface area (Å²) in [4.78, 5) is 0. The lowest BCUT2D eigenvalue weighted by molar-refractivity contribution is 1.31. The van der Waals surface area contributed by atoms with Gasteiger partial charge >= 0.3 is 0 Å². The van der Waals surface area contributed by atoms with Crippen LogP contribution >= 0.6 is 0 Å². The first-order valence-corrected chi connectivity index (χ1v) is 2.73. The van der Waals surface area contributed by atoms with Crippen LogP contribution in [0, 0.1) is 0 Å². The Kier molecular flexibility index (Phi) is 3.01. The van der Waals surface area contributed by atoms with Gasteiger partial charge in [0.1, 0.15) is 0 Å². The molecule has 46 valence electrons. The standard InChI is InChI=1S/C7H13N/c1-4-7(8)5-6(2)3/h4-5H,8H2,1-3H3/b7-4+. The number of rotatable bonds is 1. The molecule has 0 aromatic carbocycles. The fraction of sp³-hybridized carbons (Fsp3) is 0.429. The fourth-order valence-corrected chi connectivity index (χ4v) is 0.417. The lowest BCUT2D eigenvalue weighted by Gasteiger charge is -1.89. The van der Waals surface area contributed by atoms with Gasteiger partial charge in [-0.3, -0.25) is 0 Å². The Bertz CT molecular complexity index is 116. The van der Waals surface area contributed by atoms with Gasteiger partial charge in [0.25, 0.3) is 0 Å². The van der Waals surface area contributed by atoms with Gasteiger partial charge in [-0.2, -0.15) is 0 Å². The maximum absolute atomic E-state index is 5.46. The van der Waals surface area contributed by atoms with E-state index in [4.69, 9.17) is 5.73 Å². The third kappa shape index (κ3) is 3.47. The first-order chi connectivity index (χ1) is 3.66. The van der Waals surface area contributed by atoms with Gasteiger partial charge in [-0.1, -0.05) is 11.6 Å². The molecule has 0 heterocycles. The van der Waals surface area contributed by atoms with Crippen LogP contribution in [-0.2, 0) is 0 Å². The minimum Gasteiger partial charge on any atom is -0.399 e. The van der Waals surface area contributed by atoms with Crippen molar-refractivity contribution in [2.45, 2.75) is 20.8 Å². The molecule has 0 bridgehead atoms. The zero-order valence-corrected chi connectivity index (χ0v) is 5.73. The van der Waals surface area contributed by atoms with Crippen LogP contribution in [-0.4, -0.2) is 0 Å². The predicted molar refractivity (Wildman–Crippen MR) is 37.4 cm³/mol. The first-order valence-electron chi connectivity index (χ1n) is 2.73. The Morgan fingerprint density at radius 3 is 2.00 bits per heavy atom. The van der Waals surface area contributed by atoms with Crippen LogP contribution in [0.25, 0.3) is 0 Å². The number of nitrogens with two attached hydrogens (primary N) is 1. The summed E-state index contributed by atoms with van der Waals surface area (Å²) in [7, 11) is 0. The lowest BCUT2D eigenvalue weighted by Crippen LogP contribution is -1.91. The predicted octanol–water partition coefficient (Wildman–Crippen LogP) is 1.82. The largest absolute Gasteiger partial charge is 0.399 e. The van der Waals surface area contributed by atoms with Crippen molar-refractivity contribution in [1.82, 2.24) is 0 Å². The molecule has 0 aliphatic carbocycles. The van der Waals surface area contributed by atoms with E-state index in [1.54, 1.807) is 0 Å². The molecule has 1 nitrogen and oxygen atoms in total. The van der Waals surface area contributed by atoms with Crippen LogP contribution in [0.1, 0.15) is 20.8 Å². The fourth-order valence-electron chi connectivity index (χ4n) is 0.417. The summed E-state index contributed by atoms with van der Waals surface area (Å²) in [5.74, 6) is 0. The van der Waals surface area contributed by atoms with Crippen LogP contribution in [0.5, 0.6) is 0 Å². The molecular weight excluding hydrogens is 98.1 g/mol. The highest BCUT2D eigenvalue weighted by atomic mass is 14.5. The second-order valence-corrected chi connectivity index (χ2v) is 2.01. The Balaban J connectivity index is 3.89. The Labute approximate surface area is 50.9 Å². The van der Waals surface area contributed by atoms with E-state index in [0.29, 0.717) is 0 Å². The number of allylic oxidation sites excluding steroid dienone is 3. The van der Waals surface area contributed by atoms with E-state index < -0.39 is 0 Å². The SMILES string of the molecule is C/C=C(/N)C=C(C)C. The molecular formula is C7H13N. The quantitative estimate of drug-likeness (QED) is 0.513. The Hall–Kier alpha value is -0.720. The minimum atomic E-state index is 0.838. The number of hydrogen-bond acceptors (Lipinski definition) is 1. The smallest absolute Gasteiger partial charge is 0.0269 e. The molecule has 0 unspecified atom stereocenters. The van der Waals surface area contributed by atoms with Crippen molar-refractivity contribution in [3.05, 3.63) is 23.4 Å². The molecule has 0 fully saturated rings. The van der Waals surface area contributed by atoms with E-state index in [-0.39, 0.29) is 0 Å². The topological polar surface area (TPSA) is 26.0 Å². The summed E-state index contributed by atoms with van der Waals surface area (Å²) in [6, 6.07) is 0. The first kappa shape index (κ1) is 7.28. The summed E-state index contributed by atoms with van der Waals surface area (Å²) in [5.41, 5.74) is 7.53. The maximum atomic E-state index is 5.46. The Morgan fingerprint density at radius 1 is 1.38 bits per heavy atom. The Morgan fingerprint density at radius 2 is 1.88 bits per heavy atom. The van der Waals surface area contributed by atoms with E-state index >= 15 is 0 Å². The van der Waals surface area contributed by atoms with E-state index in [1.165, 1.54) is 5.57 Å². The zero-order chi connectivity index (χ0) is 6.57. The molecule has 1 heteroatoms. The lowest BCUT2D eigenvalue weighted by atomic mass is 10.3. The highest BCUT2D eigenvalue weighted by molar-refractivity contribution is 5.17. The van der Waals surface area contributed by atoms with Crippen LogP contribution in [0.15, 0.2) is 23.4 Å². The van der Waals surface area contributed by atoms with Crippen LogP contribution in [0.3, 0.4) is 0 Å². The summed E-state index contributed by atoms with van der Waals surface area (Å²) in [6.07, 6.45) is 3.83. The molecule has 0 aromatic rings. The van der Waals surface area contributed by atoms with Gasteiger partial charge in [-0.15, -0.1) is 0 Å². The van der Waals surface area contributed by atoms with Crippen molar-refractivity contribution >= 4 is 0 Å². The summed E-state index contributed by atoms with van der Waals surface area (Å²) in [6.45, 7) is 5.97.